The summed E-state index contributed by atoms with van der Waals surface area (Å²) < 4.78 is 1.81. The van der Waals surface area contributed by atoms with E-state index in [9.17, 15) is 4.79 Å². The third-order valence-corrected chi connectivity index (χ3v) is 3.61. The van der Waals surface area contributed by atoms with E-state index in [0.717, 1.165) is 29.2 Å². The molecule has 1 amide bonds. The lowest BCUT2D eigenvalue weighted by atomic mass is 10.1. The molecule has 0 aliphatic rings. The third-order valence-electron chi connectivity index (χ3n) is 3.61. The fraction of sp³-hybridized carbons (Fsp3) is 0.500. The lowest BCUT2D eigenvalue weighted by Gasteiger charge is -2.14. The predicted molar refractivity (Wildman–Crippen MR) is 76.6 cm³/mol. The molecule has 1 atom stereocenters. The molecule has 6 nitrogen and oxygen atoms in total. The quantitative estimate of drug-likeness (QED) is 0.896. The number of carbonyl (C=O) groups excluding carboxylic acids is 1. The number of aryl methyl sites for hydroxylation is 3. The van der Waals surface area contributed by atoms with Gasteiger partial charge in [0.2, 0.25) is 0 Å². The fourth-order valence-electron chi connectivity index (χ4n) is 2.53. The molecular weight excluding hydrogens is 254 g/mol. The lowest BCUT2D eigenvalue weighted by molar-refractivity contribution is 0.0939. The molecule has 2 rings (SSSR count). The van der Waals surface area contributed by atoms with Gasteiger partial charge in [-0.05, 0) is 34.6 Å². The summed E-state index contributed by atoms with van der Waals surface area (Å²) in [7, 11) is 0. The Labute approximate surface area is 118 Å². The minimum absolute atomic E-state index is 0.0920. The summed E-state index contributed by atoms with van der Waals surface area (Å²) in [6.45, 7) is 10.5. The highest BCUT2D eigenvalue weighted by Gasteiger charge is 2.19. The van der Waals surface area contributed by atoms with Crippen LogP contribution in [0.3, 0.4) is 0 Å². The first-order chi connectivity index (χ1) is 9.45. The van der Waals surface area contributed by atoms with E-state index in [1.54, 1.807) is 6.20 Å². The van der Waals surface area contributed by atoms with Crippen molar-refractivity contribution < 1.29 is 4.79 Å². The predicted octanol–water partition coefficient (Wildman–Crippen LogP) is 2.04. The van der Waals surface area contributed by atoms with Crippen LogP contribution in [0.15, 0.2) is 6.20 Å². The number of rotatable bonds is 4. The molecule has 2 aromatic heterocycles. The summed E-state index contributed by atoms with van der Waals surface area (Å²) in [4.78, 5) is 12.3. The summed E-state index contributed by atoms with van der Waals surface area (Å²) in [5.74, 6) is -0.102. The van der Waals surface area contributed by atoms with Gasteiger partial charge in [-0.25, -0.2) is 0 Å². The number of nitrogens with one attached hydrogen (secondary N) is 2. The van der Waals surface area contributed by atoms with E-state index >= 15 is 0 Å². The monoisotopic (exact) mass is 275 g/mol. The molecule has 20 heavy (non-hydrogen) atoms. The van der Waals surface area contributed by atoms with Crippen LogP contribution in [0.1, 0.15) is 52.9 Å². The Morgan fingerprint density at radius 2 is 2.15 bits per heavy atom. The molecule has 2 aromatic rings. The van der Waals surface area contributed by atoms with Gasteiger partial charge in [-0.2, -0.15) is 10.2 Å². The Hall–Kier alpha value is -2.11. The second-order valence-electron chi connectivity index (χ2n) is 5.00. The summed E-state index contributed by atoms with van der Waals surface area (Å²) in [6, 6.07) is -0.0920. The molecule has 0 aromatic carbocycles. The smallest absolute Gasteiger partial charge is 0.255 e. The van der Waals surface area contributed by atoms with Crippen molar-refractivity contribution >= 4 is 5.91 Å². The fourth-order valence-corrected chi connectivity index (χ4v) is 2.53. The zero-order valence-corrected chi connectivity index (χ0v) is 12.6. The number of aromatic nitrogens is 4. The molecule has 0 radical (unpaired) electrons. The molecule has 1 unspecified atom stereocenters. The van der Waals surface area contributed by atoms with Gasteiger partial charge in [-0.1, -0.05) is 0 Å². The maximum Gasteiger partial charge on any atom is 0.255 e. The number of hydrogen-bond donors (Lipinski definition) is 2. The third kappa shape index (κ3) is 2.45. The molecule has 0 bridgehead atoms. The molecule has 0 fully saturated rings. The van der Waals surface area contributed by atoms with E-state index in [4.69, 9.17) is 0 Å². The first-order valence-electron chi connectivity index (χ1n) is 6.80. The Morgan fingerprint density at radius 1 is 1.45 bits per heavy atom. The number of carbonyl (C=O) groups is 1. The van der Waals surface area contributed by atoms with Crippen LogP contribution in [-0.4, -0.2) is 25.9 Å². The van der Waals surface area contributed by atoms with Crippen LogP contribution in [0.25, 0.3) is 0 Å². The highest BCUT2D eigenvalue weighted by molar-refractivity contribution is 5.95. The molecular formula is C14H21N5O. The van der Waals surface area contributed by atoms with Crippen molar-refractivity contribution in [2.45, 2.75) is 47.2 Å². The van der Waals surface area contributed by atoms with E-state index < -0.39 is 0 Å². The lowest BCUT2D eigenvalue weighted by Crippen LogP contribution is -2.27. The summed E-state index contributed by atoms with van der Waals surface area (Å²) in [6.07, 6.45) is 1.62. The first kappa shape index (κ1) is 14.3. The van der Waals surface area contributed by atoms with Gasteiger partial charge in [0, 0.05) is 23.5 Å². The Kier molecular flexibility index (Phi) is 3.92. The summed E-state index contributed by atoms with van der Waals surface area (Å²) >= 11 is 0. The zero-order chi connectivity index (χ0) is 14.9. The topological polar surface area (TPSA) is 75.6 Å². The maximum atomic E-state index is 12.3. The van der Waals surface area contributed by atoms with E-state index in [0.29, 0.717) is 5.56 Å². The second-order valence-corrected chi connectivity index (χ2v) is 5.00. The van der Waals surface area contributed by atoms with Gasteiger partial charge in [0.15, 0.2) is 0 Å². The largest absolute Gasteiger partial charge is 0.345 e. The van der Waals surface area contributed by atoms with E-state index in [-0.39, 0.29) is 11.9 Å². The van der Waals surface area contributed by atoms with Crippen molar-refractivity contribution in [2.75, 3.05) is 0 Å². The molecule has 0 saturated heterocycles. The molecule has 2 heterocycles. The summed E-state index contributed by atoms with van der Waals surface area (Å²) in [5.41, 5.74) is 4.45. The Bertz CT molecular complexity index is 606. The van der Waals surface area contributed by atoms with Crippen LogP contribution in [-0.2, 0) is 6.54 Å². The van der Waals surface area contributed by atoms with Crippen molar-refractivity contribution in [2.24, 2.45) is 0 Å². The molecule has 2 N–H and O–H groups in total. The van der Waals surface area contributed by atoms with Gasteiger partial charge in [0.1, 0.15) is 0 Å². The van der Waals surface area contributed by atoms with E-state index in [1.807, 2.05) is 39.3 Å². The van der Waals surface area contributed by atoms with Crippen LogP contribution < -0.4 is 5.32 Å². The molecule has 108 valence electrons. The molecule has 0 saturated carbocycles. The van der Waals surface area contributed by atoms with Gasteiger partial charge in [0.25, 0.3) is 5.91 Å². The van der Waals surface area contributed by atoms with Crippen molar-refractivity contribution in [3.8, 4) is 0 Å². The van der Waals surface area contributed by atoms with E-state index in [2.05, 4.69) is 20.6 Å². The van der Waals surface area contributed by atoms with Gasteiger partial charge < -0.3 is 5.32 Å². The van der Waals surface area contributed by atoms with Crippen molar-refractivity contribution in [3.63, 3.8) is 0 Å². The van der Waals surface area contributed by atoms with E-state index in [1.165, 1.54) is 0 Å². The van der Waals surface area contributed by atoms with Crippen LogP contribution in [0, 0.1) is 20.8 Å². The maximum absolute atomic E-state index is 12.3. The van der Waals surface area contributed by atoms with Crippen LogP contribution >= 0.6 is 0 Å². The van der Waals surface area contributed by atoms with Crippen LogP contribution in [0.4, 0.5) is 0 Å². The highest BCUT2D eigenvalue weighted by atomic mass is 16.1. The SMILES string of the molecule is CCn1ncc(C(=O)NC(C)c2c(C)n[nH]c2C)c1C. The minimum atomic E-state index is -0.102. The molecule has 6 heteroatoms. The molecule has 0 spiro atoms. The number of nitrogens with zero attached hydrogens (tertiary/aromatic N) is 3. The average Bonchev–Trinajstić information content (AvgIpc) is 2.92. The minimum Gasteiger partial charge on any atom is -0.345 e. The second kappa shape index (κ2) is 5.48. The van der Waals surface area contributed by atoms with Gasteiger partial charge in [0.05, 0.1) is 23.5 Å². The normalized spacial score (nSPS) is 12.4. The van der Waals surface area contributed by atoms with Crippen molar-refractivity contribution in [3.05, 3.63) is 34.4 Å². The van der Waals surface area contributed by atoms with Gasteiger partial charge in [-0.3, -0.25) is 14.6 Å². The van der Waals surface area contributed by atoms with Crippen LogP contribution in [0.5, 0.6) is 0 Å². The highest BCUT2D eigenvalue weighted by Crippen LogP contribution is 2.19. The number of aromatic amines is 1. The number of amides is 1. The Balaban J connectivity index is 2.17. The standard InChI is InChI=1S/C14H21N5O/c1-6-19-11(5)12(7-15-19)14(20)16-8(2)13-9(3)17-18-10(13)4/h7-8H,6H2,1-5H3,(H,16,20)(H,17,18). The Morgan fingerprint density at radius 3 is 2.65 bits per heavy atom. The summed E-state index contributed by atoms with van der Waals surface area (Å²) in [5, 5.41) is 14.3. The van der Waals surface area contributed by atoms with Gasteiger partial charge >= 0.3 is 0 Å². The number of hydrogen-bond acceptors (Lipinski definition) is 3. The zero-order valence-electron chi connectivity index (χ0n) is 12.6. The average molecular weight is 275 g/mol. The van der Waals surface area contributed by atoms with Crippen molar-refractivity contribution in [1.29, 1.82) is 0 Å². The molecule has 0 aliphatic carbocycles. The first-order valence-corrected chi connectivity index (χ1v) is 6.80. The van der Waals surface area contributed by atoms with Crippen molar-refractivity contribution in [1.82, 2.24) is 25.3 Å². The molecule has 0 aliphatic heterocycles. The number of H-pyrrole nitrogens is 1. The van der Waals surface area contributed by atoms with Crippen LogP contribution in [0.2, 0.25) is 0 Å². The van der Waals surface area contributed by atoms with Gasteiger partial charge in [-0.15, -0.1) is 0 Å².